The number of amides is 2. The number of benzene rings is 2. The van der Waals surface area contributed by atoms with Crippen LogP contribution in [0, 0.1) is 0 Å². The van der Waals surface area contributed by atoms with Crippen molar-refractivity contribution < 1.29 is 19.1 Å². The largest absolute Gasteiger partial charge is 0.454 e. The van der Waals surface area contributed by atoms with Crippen LogP contribution in [0.5, 0.6) is 11.5 Å². The number of ether oxygens (including phenoxy) is 2. The first-order chi connectivity index (χ1) is 13.2. The average Bonchev–Trinajstić information content (AvgIpc) is 3.10. The maximum atomic E-state index is 12.7. The van der Waals surface area contributed by atoms with Gasteiger partial charge in [-0.05, 0) is 62.7 Å². The smallest absolute Gasteiger partial charge is 0.233 e. The van der Waals surface area contributed by atoms with E-state index >= 15 is 0 Å². The molecule has 0 bridgehead atoms. The van der Waals surface area contributed by atoms with Gasteiger partial charge in [-0.3, -0.25) is 9.59 Å². The molecule has 0 saturated heterocycles. The van der Waals surface area contributed by atoms with Crippen LogP contribution in [0.15, 0.2) is 47.4 Å². The lowest BCUT2D eigenvalue weighted by Gasteiger charge is -2.28. The predicted molar refractivity (Wildman–Crippen MR) is 110 cm³/mol. The van der Waals surface area contributed by atoms with Gasteiger partial charge in [0.15, 0.2) is 11.5 Å². The number of anilines is 1. The van der Waals surface area contributed by atoms with Gasteiger partial charge in [-0.1, -0.05) is 6.07 Å². The third-order valence-corrected chi connectivity index (χ3v) is 5.50. The summed E-state index contributed by atoms with van der Waals surface area (Å²) in [6.45, 7) is 7.48. The van der Waals surface area contributed by atoms with Gasteiger partial charge in [0.25, 0.3) is 0 Å². The summed E-state index contributed by atoms with van der Waals surface area (Å²) in [5.74, 6) is 1.25. The van der Waals surface area contributed by atoms with Gasteiger partial charge in [-0.2, -0.15) is 0 Å². The van der Waals surface area contributed by atoms with E-state index < -0.39 is 5.54 Å². The standard InChI is InChI=1S/C21H24N2O4S/c1-13(28-17-8-6-16(7-9-17)22-14(2)24)20(25)23-21(3,4)15-5-10-18-19(11-15)27-12-26-18/h5-11,13H,12H2,1-4H3,(H,22,24)(H,23,25). The highest BCUT2D eigenvalue weighted by Gasteiger charge is 2.27. The Morgan fingerprint density at radius 3 is 2.43 bits per heavy atom. The molecule has 0 aliphatic carbocycles. The number of thioether (sulfide) groups is 1. The Labute approximate surface area is 169 Å². The van der Waals surface area contributed by atoms with Gasteiger partial charge < -0.3 is 20.1 Å². The van der Waals surface area contributed by atoms with Crippen LogP contribution in [0.3, 0.4) is 0 Å². The molecule has 2 aromatic carbocycles. The highest BCUT2D eigenvalue weighted by molar-refractivity contribution is 8.00. The molecule has 1 aliphatic rings. The molecule has 2 aromatic rings. The molecule has 148 valence electrons. The van der Waals surface area contributed by atoms with E-state index in [1.165, 1.54) is 18.7 Å². The molecular formula is C21H24N2O4S. The molecule has 0 saturated carbocycles. The number of hydrogen-bond acceptors (Lipinski definition) is 5. The maximum Gasteiger partial charge on any atom is 0.233 e. The Bertz CT molecular complexity index is 880. The van der Waals surface area contributed by atoms with Crippen LogP contribution < -0.4 is 20.1 Å². The quantitative estimate of drug-likeness (QED) is 0.719. The monoisotopic (exact) mass is 400 g/mol. The molecule has 28 heavy (non-hydrogen) atoms. The summed E-state index contributed by atoms with van der Waals surface area (Å²) >= 11 is 1.47. The van der Waals surface area contributed by atoms with Gasteiger partial charge in [0.1, 0.15) is 0 Å². The fourth-order valence-corrected chi connectivity index (χ4v) is 3.71. The third-order valence-electron chi connectivity index (χ3n) is 4.39. The zero-order valence-electron chi connectivity index (χ0n) is 16.4. The zero-order chi connectivity index (χ0) is 20.3. The van der Waals surface area contributed by atoms with Crippen LogP contribution in [0.1, 0.15) is 33.3 Å². The molecule has 7 heteroatoms. The number of hydrogen-bond donors (Lipinski definition) is 2. The minimum Gasteiger partial charge on any atom is -0.454 e. The van der Waals surface area contributed by atoms with E-state index in [1.54, 1.807) is 0 Å². The van der Waals surface area contributed by atoms with Gasteiger partial charge in [-0.25, -0.2) is 0 Å². The van der Waals surface area contributed by atoms with E-state index in [0.717, 1.165) is 21.9 Å². The first-order valence-electron chi connectivity index (χ1n) is 9.01. The minimum atomic E-state index is -0.553. The third kappa shape index (κ3) is 4.78. The predicted octanol–water partition coefficient (Wildman–Crippen LogP) is 3.91. The first kappa shape index (κ1) is 20.1. The van der Waals surface area contributed by atoms with Crippen LogP contribution in [0.2, 0.25) is 0 Å². The van der Waals surface area contributed by atoms with Crippen molar-refractivity contribution in [1.82, 2.24) is 5.32 Å². The van der Waals surface area contributed by atoms with Crippen molar-refractivity contribution >= 4 is 29.3 Å². The Morgan fingerprint density at radius 1 is 1.07 bits per heavy atom. The Balaban J connectivity index is 1.62. The highest BCUT2D eigenvalue weighted by Crippen LogP contribution is 2.36. The molecule has 2 N–H and O–H groups in total. The summed E-state index contributed by atoms with van der Waals surface area (Å²) < 4.78 is 10.8. The molecule has 1 atom stereocenters. The van der Waals surface area contributed by atoms with Crippen LogP contribution in [0.25, 0.3) is 0 Å². The summed E-state index contributed by atoms with van der Waals surface area (Å²) in [5.41, 5.74) is 1.13. The van der Waals surface area contributed by atoms with Gasteiger partial charge in [-0.15, -0.1) is 11.8 Å². The van der Waals surface area contributed by atoms with Crippen molar-refractivity contribution in [3.05, 3.63) is 48.0 Å². The van der Waals surface area contributed by atoms with Crippen molar-refractivity contribution in [2.45, 2.75) is 43.4 Å². The maximum absolute atomic E-state index is 12.7. The molecule has 1 heterocycles. The minimum absolute atomic E-state index is 0.0568. The first-order valence-corrected chi connectivity index (χ1v) is 9.89. The molecule has 1 aliphatic heterocycles. The lowest BCUT2D eigenvalue weighted by Crippen LogP contribution is -2.44. The van der Waals surface area contributed by atoms with Crippen molar-refractivity contribution in [1.29, 1.82) is 0 Å². The molecule has 0 spiro atoms. The number of carbonyl (C=O) groups excluding carboxylic acids is 2. The normalized spacial score (nSPS) is 13.7. The van der Waals surface area contributed by atoms with Crippen molar-refractivity contribution in [3.63, 3.8) is 0 Å². The summed E-state index contributed by atoms with van der Waals surface area (Å²) in [7, 11) is 0. The molecule has 1 unspecified atom stereocenters. The van der Waals surface area contributed by atoms with E-state index in [0.29, 0.717) is 5.75 Å². The molecule has 0 aromatic heterocycles. The molecule has 6 nitrogen and oxygen atoms in total. The Hall–Kier alpha value is -2.67. The SMILES string of the molecule is CC(=O)Nc1ccc(SC(C)C(=O)NC(C)(C)c2ccc3c(c2)OCO3)cc1. The lowest BCUT2D eigenvalue weighted by molar-refractivity contribution is -0.122. The summed E-state index contributed by atoms with van der Waals surface area (Å²) in [5, 5.41) is 5.56. The van der Waals surface area contributed by atoms with E-state index in [4.69, 9.17) is 9.47 Å². The second-order valence-corrected chi connectivity index (χ2v) is 8.56. The molecule has 2 amide bonds. The fourth-order valence-electron chi connectivity index (χ4n) is 2.84. The molecular weight excluding hydrogens is 376 g/mol. The van der Waals surface area contributed by atoms with E-state index in [2.05, 4.69) is 10.6 Å². The van der Waals surface area contributed by atoms with E-state index in [9.17, 15) is 9.59 Å². The number of nitrogens with one attached hydrogen (secondary N) is 2. The highest BCUT2D eigenvalue weighted by atomic mass is 32.2. The summed E-state index contributed by atoms with van der Waals surface area (Å²) in [6.07, 6.45) is 0. The van der Waals surface area contributed by atoms with Crippen molar-refractivity contribution in [2.75, 3.05) is 12.1 Å². The van der Waals surface area contributed by atoms with Gasteiger partial charge >= 0.3 is 0 Å². The van der Waals surface area contributed by atoms with Gasteiger partial charge in [0.05, 0.1) is 10.8 Å². The summed E-state index contributed by atoms with van der Waals surface area (Å²) in [4.78, 5) is 24.8. The van der Waals surface area contributed by atoms with Gasteiger partial charge in [0.2, 0.25) is 18.6 Å². The topological polar surface area (TPSA) is 76.7 Å². The van der Waals surface area contributed by atoms with Crippen LogP contribution in [0.4, 0.5) is 5.69 Å². The van der Waals surface area contributed by atoms with Crippen LogP contribution in [-0.2, 0) is 15.1 Å². The second-order valence-electron chi connectivity index (χ2n) is 7.15. The fraction of sp³-hybridized carbons (Fsp3) is 0.333. The van der Waals surface area contributed by atoms with E-state index in [1.807, 2.05) is 63.2 Å². The number of fused-ring (bicyclic) bond motifs is 1. The number of carbonyl (C=O) groups is 2. The van der Waals surface area contributed by atoms with Crippen LogP contribution >= 0.6 is 11.8 Å². The average molecular weight is 401 g/mol. The van der Waals surface area contributed by atoms with Crippen molar-refractivity contribution in [2.24, 2.45) is 0 Å². The van der Waals surface area contributed by atoms with E-state index in [-0.39, 0.29) is 23.9 Å². The molecule has 0 radical (unpaired) electrons. The Kier molecular flexibility index (Phi) is 5.84. The lowest BCUT2D eigenvalue weighted by atomic mass is 9.93. The zero-order valence-corrected chi connectivity index (χ0v) is 17.2. The molecule has 0 fully saturated rings. The second kappa shape index (κ2) is 8.14. The summed E-state index contributed by atoms with van der Waals surface area (Å²) in [6, 6.07) is 13.1. The van der Waals surface area contributed by atoms with Gasteiger partial charge in [0, 0.05) is 17.5 Å². The number of rotatable bonds is 6. The molecule has 3 rings (SSSR count). The van der Waals surface area contributed by atoms with Crippen molar-refractivity contribution in [3.8, 4) is 11.5 Å². The Morgan fingerprint density at radius 2 is 1.75 bits per heavy atom. The van der Waals surface area contributed by atoms with Crippen LogP contribution in [-0.4, -0.2) is 23.9 Å².